The van der Waals surface area contributed by atoms with Crippen molar-refractivity contribution in [3.8, 4) is 0 Å². The molecule has 0 saturated heterocycles. The number of nitrogens with one attached hydrogen (secondary N) is 1. The van der Waals surface area contributed by atoms with E-state index in [9.17, 15) is 4.79 Å². The third-order valence-electron chi connectivity index (χ3n) is 3.09. The fourth-order valence-electron chi connectivity index (χ4n) is 2.24. The molecular weight excluding hydrogens is 226 g/mol. The van der Waals surface area contributed by atoms with Crippen molar-refractivity contribution in [2.45, 2.75) is 53.6 Å². The van der Waals surface area contributed by atoms with E-state index in [0.717, 1.165) is 23.5 Å². The summed E-state index contributed by atoms with van der Waals surface area (Å²) < 4.78 is 1.97. The van der Waals surface area contributed by atoms with Crippen molar-refractivity contribution in [1.29, 1.82) is 0 Å². The Bertz CT molecular complexity index is 446. The quantitative estimate of drug-likeness (QED) is 0.815. The van der Waals surface area contributed by atoms with Crippen molar-refractivity contribution in [1.82, 2.24) is 15.1 Å². The minimum Gasteiger partial charge on any atom is -0.349 e. The maximum absolute atomic E-state index is 11.7. The summed E-state index contributed by atoms with van der Waals surface area (Å²) in [7, 11) is 0. The number of carbonyl (C=O) groups excluding carboxylic acids is 1. The number of hydrogen-bond acceptors (Lipinski definition) is 2. The molecule has 1 aromatic heterocycles. The van der Waals surface area contributed by atoms with Gasteiger partial charge >= 0.3 is 0 Å². The van der Waals surface area contributed by atoms with Gasteiger partial charge in [-0.25, -0.2) is 0 Å². The van der Waals surface area contributed by atoms with Crippen LogP contribution in [0, 0.1) is 13.8 Å². The molecule has 1 atom stereocenters. The Balaban J connectivity index is 2.81. The molecule has 18 heavy (non-hydrogen) atoms. The summed E-state index contributed by atoms with van der Waals surface area (Å²) in [6.45, 7) is 10.9. The number of allylic oxidation sites excluding steroid dienone is 1. The zero-order valence-corrected chi connectivity index (χ0v) is 11.9. The highest BCUT2D eigenvalue weighted by Crippen LogP contribution is 2.21. The smallest absolute Gasteiger partial charge is 0.224 e. The molecule has 0 unspecified atom stereocenters. The van der Waals surface area contributed by atoms with Gasteiger partial charge in [-0.05, 0) is 34.6 Å². The molecule has 0 aliphatic rings. The van der Waals surface area contributed by atoms with E-state index in [-0.39, 0.29) is 11.9 Å². The van der Waals surface area contributed by atoms with Gasteiger partial charge in [-0.3, -0.25) is 9.48 Å². The summed E-state index contributed by atoms with van der Waals surface area (Å²) in [5, 5.41) is 7.48. The SMILES string of the molecule is C/C=C/CC(=O)N[C@@H](C)c1c(C)nn(CC)c1C. The molecule has 0 fully saturated rings. The topological polar surface area (TPSA) is 46.9 Å². The Morgan fingerprint density at radius 3 is 2.67 bits per heavy atom. The molecule has 4 nitrogen and oxygen atoms in total. The third-order valence-corrected chi connectivity index (χ3v) is 3.09. The van der Waals surface area contributed by atoms with Crippen molar-refractivity contribution < 1.29 is 4.79 Å². The minimum atomic E-state index is 0.00283. The molecule has 0 aliphatic heterocycles. The molecule has 0 aromatic carbocycles. The molecule has 4 heteroatoms. The maximum Gasteiger partial charge on any atom is 0.224 e. The lowest BCUT2D eigenvalue weighted by atomic mass is 10.1. The summed E-state index contributed by atoms with van der Waals surface area (Å²) in [6, 6.07) is 0.00283. The standard InChI is InChI=1S/C14H23N3O/c1-6-8-9-13(18)15-10(3)14-11(4)16-17(7-2)12(14)5/h6,8,10H,7,9H2,1-5H3,(H,15,18)/b8-6+/t10-/m0/s1. The van der Waals surface area contributed by atoms with E-state index in [1.165, 1.54) is 0 Å². The van der Waals surface area contributed by atoms with E-state index >= 15 is 0 Å². The minimum absolute atomic E-state index is 0.00283. The lowest BCUT2D eigenvalue weighted by Gasteiger charge is -2.14. The average Bonchev–Trinajstić information content (AvgIpc) is 2.61. The average molecular weight is 249 g/mol. The largest absolute Gasteiger partial charge is 0.349 e. The first-order valence-corrected chi connectivity index (χ1v) is 6.45. The summed E-state index contributed by atoms with van der Waals surface area (Å²) in [5.74, 6) is 0.0450. The van der Waals surface area contributed by atoms with Crippen molar-refractivity contribution in [2.24, 2.45) is 0 Å². The van der Waals surface area contributed by atoms with Gasteiger partial charge in [0.25, 0.3) is 0 Å². The molecule has 0 bridgehead atoms. The Morgan fingerprint density at radius 2 is 2.17 bits per heavy atom. The molecule has 1 amide bonds. The lowest BCUT2D eigenvalue weighted by Crippen LogP contribution is -2.26. The first-order chi connectivity index (χ1) is 8.51. The van der Waals surface area contributed by atoms with Crippen LogP contribution < -0.4 is 5.32 Å². The molecule has 0 saturated carbocycles. The Kier molecular flexibility index (Phi) is 5.13. The van der Waals surface area contributed by atoms with Gasteiger partial charge in [0.2, 0.25) is 5.91 Å². The van der Waals surface area contributed by atoms with E-state index < -0.39 is 0 Å². The number of rotatable bonds is 5. The van der Waals surface area contributed by atoms with Gasteiger partial charge in [-0.15, -0.1) is 0 Å². The Morgan fingerprint density at radius 1 is 1.50 bits per heavy atom. The predicted octanol–water partition coefficient (Wildman–Crippen LogP) is 2.66. The molecule has 0 aliphatic carbocycles. The number of aromatic nitrogens is 2. The second kappa shape index (κ2) is 6.38. The van der Waals surface area contributed by atoms with Crippen molar-refractivity contribution in [3.63, 3.8) is 0 Å². The van der Waals surface area contributed by atoms with Gasteiger partial charge in [-0.1, -0.05) is 12.2 Å². The second-order valence-corrected chi connectivity index (χ2v) is 4.46. The molecule has 100 valence electrons. The molecule has 0 spiro atoms. The van der Waals surface area contributed by atoms with Crippen LogP contribution in [0.5, 0.6) is 0 Å². The molecule has 1 heterocycles. The Labute approximate surface area is 109 Å². The molecule has 1 N–H and O–H groups in total. The highest BCUT2D eigenvalue weighted by atomic mass is 16.1. The van der Waals surface area contributed by atoms with E-state index in [1.54, 1.807) is 0 Å². The molecule has 1 aromatic rings. The van der Waals surface area contributed by atoms with Gasteiger partial charge in [0.05, 0.1) is 11.7 Å². The molecular formula is C14H23N3O. The monoisotopic (exact) mass is 249 g/mol. The number of aryl methyl sites for hydroxylation is 2. The van der Waals surface area contributed by atoms with Crippen LogP contribution in [-0.4, -0.2) is 15.7 Å². The van der Waals surface area contributed by atoms with E-state index in [2.05, 4.69) is 17.3 Å². The van der Waals surface area contributed by atoms with Crippen LogP contribution in [0.25, 0.3) is 0 Å². The van der Waals surface area contributed by atoms with Crippen LogP contribution in [0.15, 0.2) is 12.2 Å². The van der Waals surface area contributed by atoms with E-state index in [1.807, 2.05) is 44.5 Å². The van der Waals surface area contributed by atoms with Crippen LogP contribution in [0.4, 0.5) is 0 Å². The van der Waals surface area contributed by atoms with Gasteiger partial charge in [0.15, 0.2) is 0 Å². The van der Waals surface area contributed by atoms with Crippen LogP contribution in [0.1, 0.15) is 50.2 Å². The highest BCUT2D eigenvalue weighted by molar-refractivity contribution is 5.77. The summed E-state index contributed by atoms with van der Waals surface area (Å²) >= 11 is 0. The van der Waals surface area contributed by atoms with E-state index in [4.69, 9.17) is 0 Å². The predicted molar refractivity (Wildman–Crippen MR) is 73.4 cm³/mol. The fraction of sp³-hybridized carbons (Fsp3) is 0.571. The van der Waals surface area contributed by atoms with Crippen molar-refractivity contribution in [3.05, 3.63) is 29.1 Å². The van der Waals surface area contributed by atoms with Crippen LogP contribution in [0.2, 0.25) is 0 Å². The van der Waals surface area contributed by atoms with Crippen LogP contribution >= 0.6 is 0 Å². The third kappa shape index (κ3) is 3.22. The summed E-state index contributed by atoms with van der Waals surface area (Å²) in [4.78, 5) is 11.7. The number of hydrogen-bond donors (Lipinski definition) is 1. The second-order valence-electron chi connectivity index (χ2n) is 4.46. The zero-order chi connectivity index (χ0) is 13.7. The van der Waals surface area contributed by atoms with Crippen molar-refractivity contribution >= 4 is 5.91 Å². The summed E-state index contributed by atoms with van der Waals surface area (Å²) in [5.41, 5.74) is 3.26. The fourth-order valence-corrected chi connectivity index (χ4v) is 2.24. The van der Waals surface area contributed by atoms with Crippen molar-refractivity contribution in [2.75, 3.05) is 0 Å². The van der Waals surface area contributed by atoms with Crippen LogP contribution in [-0.2, 0) is 11.3 Å². The lowest BCUT2D eigenvalue weighted by molar-refractivity contribution is -0.120. The first-order valence-electron chi connectivity index (χ1n) is 6.45. The number of nitrogens with zero attached hydrogens (tertiary/aromatic N) is 2. The first kappa shape index (κ1) is 14.5. The van der Waals surface area contributed by atoms with Gasteiger partial charge < -0.3 is 5.32 Å². The number of amides is 1. The van der Waals surface area contributed by atoms with Gasteiger partial charge in [0, 0.05) is 24.2 Å². The normalized spacial score (nSPS) is 12.9. The van der Waals surface area contributed by atoms with Gasteiger partial charge in [-0.2, -0.15) is 5.10 Å². The van der Waals surface area contributed by atoms with Crippen LogP contribution in [0.3, 0.4) is 0 Å². The van der Waals surface area contributed by atoms with E-state index in [0.29, 0.717) is 6.42 Å². The number of carbonyl (C=O) groups is 1. The Hall–Kier alpha value is -1.58. The zero-order valence-electron chi connectivity index (χ0n) is 11.9. The summed E-state index contributed by atoms with van der Waals surface area (Å²) in [6.07, 6.45) is 4.17. The molecule has 1 rings (SSSR count). The van der Waals surface area contributed by atoms with Gasteiger partial charge in [0.1, 0.15) is 0 Å². The highest BCUT2D eigenvalue weighted by Gasteiger charge is 2.18. The maximum atomic E-state index is 11.7. The molecule has 0 radical (unpaired) electrons.